The molecule has 1 saturated heterocycles. The lowest BCUT2D eigenvalue weighted by Crippen LogP contribution is -2.42. The van der Waals surface area contributed by atoms with Crippen LogP contribution < -0.4 is 5.32 Å². The molecule has 29 heavy (non-hydrogen) atoms. The van der Waals surface area contributed by atoms with Crippen LogP contribution >= 0.6 is 0 Å². The number of piperidine rings is 1. The van der Waals surface area contributed by atoms with Gasteiger partial charge >= 0.3 is 5.97 Å². The van der Waals surface area contributed by atoms with Gasteiger partial charge in [0.15, 0.2) is 6.61 Å². The van der Waals surface area contributed by atoms with Crippen molar-refractivity contribution in [3.8, 4) is 0 Å². The molecule has 7 nitrogen and oxygen atoms in total. The third-order valence-corrected chi connectivity index (χ3v) is 6.75. The average Bonchev–Trinajstić information content (AvgIpc) is 2.64. The number of hydrogen-bond donors (Lipinski definition) is 1. The highest BCUT2D eigenvalue weighted by Crippen LogP contribution is 2.27. The van der Waals surface area contributed by atoms with Crippen molar-refractivity contribution in [3.63, 3.8) is 0 Å². The van der Waals surface area contributed by atoms with Gasteiger partial charge in [-0.3, -0.25) is 9.59 Å². The molecule has 0 spiro atoms. The molecule has 1 amide bonds. The molecule has 162 valence electrons. The van der Waals surface area contributed by atoms with Gasteiger partial charge in [-0.25, -0.2) is 8.42 Å². The van der Waals surface area contributed by atoms with E-state index in [9.17, 15) is 18.0 Å². The minimum Gasteiger partial charge on any atom is -0.456 e. The SMILES string of the molecule is CC(C)CCC(=O)OCC(=O)Nc1ccc(S(=O)(=O)N2C[C@@H](C)C[C@H](C)C2)cc1. The number of hydrogen-bond acceptors (Lipinski definition) is 5. The molecule has 1 aliphatic rings. The molecule has 1 fully saturated rings. The zero-order valence-electron chi connectivity index (χ0n) is 17.7. The van der Waals surface area contributed by atoms with Crippen molar-refractivity contribution in [2.75, 3.05) is 25.0 Å². The normalized spacial score (nSPS) is 20.4. The molecule has 0 aliphatic carbocycles. The third-order valence-electron chi connectivity index (χ3n) is 4.90. The second-order valence-electron chi connectivity index (χ2n) is 8.43. The van der Waals surface area contributed by atoms with Crippen molar-refractivity contribution in [2.24, 2.45) is 17.8 Å². The van der Waals surface area contributed by atoms with E-state index in [2.05, 4.69) is 19.2 Å². The Morgan fingerprint density at radius 2 is 1.72 bits per heavy atom. The summed E-state index contributed by atoms with van der Waals surface area (Å²) in [6.07, 6.45) is 2.02. The molecular formula is C21H32N2O5S. The minimum atomic E-state index is -3.56. The first-order valence-electron chi connectivity index (χ1n) is 10.1. The number of anilines is 1. The number of amides is 1. The molecule has 8 heteroatoms. The number of ether oxygens (including phenoxy) is 1. The van der Waals surface area contributed by atoms with Crippen molar-refractivity contribution in [1.29, 1.82) is 0 Å². The van der Waals surface area contributed by atoms with Gasteiger partial charge in [-0.05, 0) is 54.9 Å². The second-order valence-corrected chi connectivity index (χ2v) is 10.4. The maximum atomic E-state index is 12.9. The summed E-state index contributed by atoms with van der Waals surface area (Å²) in [5.74, 6) is 0.186. The number of esters is 1. The van der Waals surface area contributed by atoms with Crippen LogP contribution in [0.1, 0.15) is 47.0 Å². The number of benzene rings is 1. The van der Waals surface area contributed by atoms with Crippen LogP contribution in [0.3, 0.4) is 0 Å². The number of carbonyl (C=O) groups is 2. The van der Waals surface area contributed by atoms with Crippen LogP contribution in [-0.2, 0) is 24.3 Å². The zero-order valence-corrected chi connectivity index (χ0v) is 18.5. The number of sulfonamides is 1. The molecule has 1 heterocycles. The first kappa shape index (κ1) is 23.3. The van der Waals surface area contributed by atoms with Gasteiger partial charge in [-0.15, -0.1) is 0 Å². The monoisotopic (exact) mass is 424 g/mol. The molecule has 0 aromatic heterocycles. The number of carbonyl (C=O) groups excluding carboxylic acids is 2. The van der Waals surface area contributed by atoms with E-state index in [0.717, 1.165) is 6.42 Å². The molecule has 2 atom stereocenters. The second kappa shape index (κ2) is 10.2. The van der Waals surface area contributed by atoms with Crippen molar-refractivity contribution in [1.82, 2.24) is 4.31 Å². The Morgan fingerprint density at radius 3 is 2.28 bits per heavy atom. The molecule has 0 saturated carbocycles. The highest BCUT2D eigenvalue weighted by atomic mass is 32.2. The molecule has 1 aromatic carbocycles. The van der Waals surface area contributed by atoms with Crippen LogP contribution in [0.15, 0.2) is 29.2 Å². The highest BCUT2D eigenvalue weighted by Gasteiger charge is 2.31. The fourth-order valence-electron chi connectivity index (χ4n) is 3.48. The summed E-state index contributed by atoms with van der Waals surface area (Å²) in [5, 5.41) is 2.61. The molecule has 0 radical (unpaired) electrons. The molecule has 1 N–H and O–H groups in total. The summed E-state index contributed by atoms with van der Waals surface area (Å²) >= 11 is 0. The van der Waals surface area contributed by atoms with E-state index in [4.69, 9.17) is 4.74 Å². The Labute approximate surface area is 173 Å². The topological polar surface area (TPSA) is 92.8 Å². The number of nitrogens with zero attached hydrogens (tertiary/aromatic N) is 1. The van der Waals surface area contributed by atoms with Crippen LogP contribution in [0.25, 0.3) is 0 Å². The molecule has 0 unspecified atom stereocenters. The Balaban J connectivity index is 1.91. The third kappa shape index (κ3) is 7.12. The van der Waals surface area contributed by atoms with Crippen LogP contribution in [-0.4, -0.2) is 44.3 Å². The number of nitrogens with one attached hydrogen (secondary N) is 1. The van der Waals surface area contributed by atoms with Crippen LogP contribution in [0.4, 0.5) is 5.69 Å². The Kier molecular flexibility index (Phi) is 8.22. The standard InChI is InChI=1S/C21H32N2O5S/c1-15(2)5-10-21(25)28-14-20(24)22-18-6-8-19(9-7-18)29(26,27)23-12-16(3)11-17(4)13-23/h6-9,15-17H,5,10-14H2,1-4H3,(H,22,24)/t16-,17-/m0/s1. The van der Waals surface area contributed by atoms with E-state index in [1.54, 1.807) is 12.1 Å². The van der Waals surface area contributed by atoms with Gasteiger partial charge in [0.1, 0.15) is 0 Å². The molecule has 1 aliphatic heterocycles. The molecular weight excluding hydrogens is 392 g/mol. The van der Waals surface area contributed by atoms with Crippen LogP contribution in [0.2, 0.25) is 0 Å². The summed E-state index contributed by atoms with van der Waals surface area (Å²) in [6.45, 7) is 8.83. The smallest absolute Gasteiger partial charge is 0.306 e. The summed E-state index contributed by atoms with van der Waals surface area (Å²) < 4.78 is 32.2. The maximum Gasteiger partial charge on any atom is 0.306 e. The predicted octanol–water partition coefficient (Wildman–Crippen LogP) is 3.27. The lowest BCUT2D eigenvalue weighted by molar-refractivity contribution is -0.147. The fraction of sp³-hybridized carbons (Fsp3) is 0.619. The van der Waals surface area contributed by atoms with Crippen molar-refractivity contribution in [2.45, 2.75) is 51.9 Å². The summed E-state index contributed by atoms with van der Waals surface area (Å²) in [4.78, 5) is 23.7. The minimum absolute atomic E-state index is 0.205. The lowest BCUT2D eigenvalue weighted by Gasteiger charge is -2.34. The van der Waals surface area contributed by atoms with Crippen LogP contribution in [0, 0.1) is 17.8 Å². The van der Waals surface area contributed by atoms with Crippen molar-refractivity contribution < 1.29 is 22.7 Å². The van der Waals surface area contributed by atoms with E-state index < -0.39 is 21.9 Å². The van der Waals surface area contributed by atoms with Gasteiger partial charge in [0, 0.05) is 25.2 Å². The summed E-state index contributed by atoms with van der Waals surface area (Å²) in [6, 6.07) is 6.07. The Hall–Kier alpha value is -1.93. The van der Waals surface area contributed by atoms with E-state index in [-0.39, 0.29) is 17.9 Å². The van der Waals surface area contributed by atoms with Gasteiger partial charge in [0.25, 0.3) is 5.91 Å². The molecule has 2 rings (SSSR count). The Bertz CT molecular complexity index is 795. The van der Waals surface area contributed by atoms with E-state index >= 15 is 0 Å². The summed E-state index contributed by atoms with van der Waals surface area (Å²) in [5.41, 5.74) is 0.451. The highest BCUT2D eigenvalue weighted by molar-refractivity contribution is 7.89. The maximum absolute atomic E-state index is 12.9. The van der Waals surface area contributed by atoms with Gasteiger partial charge in [0.05, 0.1) is 4.90 Å². The first-order chi connectivity index (χ1) is 13.6. The van der Waals surface area contributed by atoms with Gasteiger partial charge < -0.3 is 10.1 Å². The quantitative estimate of drug-likeness (QED) is 0.647. The van der Waals surface area contributed by atoms with Crippen LogP contribution in [0.5, 0.6) is 0 Å². The predicted molar refractivity (Wildman–Crippen MR) is 112 cm³/mol. The molecule has 0 bridgehead atoms. The van der Waals surface area contributed by atoms with E-state index in [1.165, 1.54) is 16.4 Å². The van der Waals surface area contributed by atoms with E-state index in [1.807, 2.05) is 13.8 Å². The average molecular weight is 425 g/mol. The van der Waals surface area contributed by atoms with Gasteiger partial charge in [-0.2, -0.15) is 4.31 Å². The number of rotatable bonds is 8. The van der Waals surface area contributed by atoms with Gasteiger partial charge in [-0.1, -0.05) is 27.7 Å². The molecule has 1 aromatic rings. The first-order valence-corrected chi connectivity index (χ1v) is 11.6. The zero-order chi connectivity index (χ0) is 21.6. The van der Waals surface area contributed by atoms with Crippen molar-refractivity contribution in [3.05, 3.63) is 24.3 Å². The summed E-state index contributed by atoms with van der Waals surface area (Å²) in [7, 11) is -3.56. The lowest BCUT2D eigenvalue weighted by atomic mass is 9.94. The Morgan fingerprint density at radius 1 is 1.14 bits per heavy atom. The fourth-order valence-corrected chi connectivity index (χ4v) is 5.16. The van der Waals surface area contributed by atoms with Crippen molar-refractivity contribution >= 4 is 27.6 Å². The van der Waals surface area contributed by atoms with E-state index in [0.29, 0.717) is 43.0 Å². The largest absolute Gasteiger partial charge is 0.456 e. The van der Waals surface area contributed by atoms with Gasteiger partial charge in [0.2, 0.25) is 10.0 Å².